The normalized spacial score (nSPS) is 18.4. The Bertz CT molecular complexity index is 4890. The van der Waals surface area contributed by atoms with Crippen molar-refractivity contribution < 1.29 is 109 Å². The third-order valence-electron chi connectivity index (χ3n) is 18.4. The molecule has 5 aliphatic rings. The van der Waals surface area contributed by atoms with Gasteiger partial charge in [0.05, 0.1) is 46.9 Å². The number of allylic oxidation sites excluding steroid dienone is 2. The van der Waals surface area contributed by atoms with Crippen LogP contribution in [0.1, 0.15) is 97.7 Å². The summed E-state index contributed by atoms with van der Waals surface area (Å²) >= 11 is 0.877. The van der Waals surface area contributed by atoms with Gasteiger partial charge in [0.1, 0.15) is 68.3 Å². The molecule has 106 heavy (non-hydrogen) atoms. The van der Waals surface area contributed by atoms with Crippen molar-refractivity contribution >= 4 is 65.0 Å². The van der Waals surface area contributed by atoms with Crippen LogP contribution in [-0.2, 0) is 63.4 Å². The van der Waals surface area contributed by atoms with E-state index in [4.69, 9.17) is 28.4 Å². The molecule has 0 radical (unpaired) electrons. The van der Waals surface area contributed by atoms with Crippen LogP contribution in [-0.4, -0.2) is 79.2 Å². The first-order chi connectivity index (χ1) is 50.4. The van der Waals surface area contributed by atoms with Crippen LogP contribution >= 0.6 is 11.3 Å². The monoisotopic (exact) mass is 1490 g/mol. The van der Waals surface area contributed by atoms with Crippen LogP contribution < -0.4 is 14.4 Å². The summed E-state index contributed by atoms with van der Waals surface area (Å²) in [7, 11) is 0. The van der Waals surface area contributed by atoms with Crippen LogP contribution in [0.15, 0.2) is 138 Å². The largest absolute Gasteiger partial charge is 0.489 e. The number of rotatable bonds is 24. The van der Waals surface area contributed by atoms with Gasteiger partial charge in [-0.15, -0.1) is 11.3 Å². The van der Waals surface area contributed by atoms with Gasteiger partial charge < -0.3 is 33.3 Å². The third-order valence-corrected chi connectivity index (χ3v) is 19.5. The van der Waals surface area contributed by atoms with Gasteiger partial charge in [0.25, 0.3) is 0 Å². The minimum absolute atomic E-state index is 0.0966. The topological polar surface area (TPSA) is 219 Å². The van der Waals surface area contributed by atoms with E-state index < -0.39 is 193 Å². The fraction of sp³-hybridized carbons (Fsp3) is 0.237. The Balaban J connectivity index is 0.814. The minimum atomic E-state index is -5.25. The number of likely N-dealkylation sites (tertiary alicyclic amines) is 1. The number of hydrogen-bond donors (Lipinski definition) is 0. The average Bonchev–Trinajstić information content (AvgIpc) is 1.33. The van der Waals surface area contributed by atoms with Gasteiger partial charge in [-0.25, -0.2) is 53.5 Å². The highest BCUT2D eigenvalue weighted by atomic mass is 32.1. The number of imide groups is 1. The Morgan fingerprint density at radius 3 is 1.75 bits per heavy atom. The third kappa shape index (κ3) is 13.7. The van der Waals surface area contributed by atoms with Gasteiger partial charge in [0.15, 0.2) is 57.9 Å². The van der Waals surface area contributed by atoms with E-state index in [9.17, 15) is 96.8 Å². The van der Waals surface area contributed by atoms with Crippen LogP contribution in [0.2, 0.25) is 0 Å². The SMILES string of the molecule is C=C(C)C(=O)OCC12c3ccccc3C(c3ccccc31)[C@H]1C(=O)N(CCC(=O)OCCN(CC)c3ccc(/C=C/c4sc(/C=C/C5=C(C#N)C(=C(C#N)C#N)OC5(C)C(F)(F)F)cc4COC(=O)c4cc(OCc5c(F)c(F)c(F)c(F)c5F)cc(OCc5c(F)c(F)c(F)c(F)c5F)c4)cc3)C(=O)[C@H]12. The summed E-state index contributed by atoms with van der Waals surface area (Å²) in [5, 5.41) is 29.2. The standard InChI is InChI=1S/C76H52F13N5O11S/c1-5-93(24-25-100-55(95)22-23-94-70(96)57-56-46-10-6-8-12-52(46)75(58(57)71(94)97,36-104-72(98)37(2)3)53-13-9-7-11-47(53)56)42-17-14-38(15-18-42)16-21-54-40(28-45(106-54)19-20-51-48(32-92)69(41(30-90)31-91)105-74(51,4)76(87,88)89)33-103-73(99)39-26-43(101-34-49-59(77)63(81)67(85)64(82)60(49)78)29-44(27-39)102-35-50-61(79)65(83)68(86)66(84)62(50)80/h6-21,26-29,56-58H,2,5,22-25,33-36H2,1,3-4H3/b20-19+,21-16+/t56?,57-,58+,74?,75?/m1/s1. The Hall–Kier alpha value is -12.0. The highest BCUT2D eigenvalue weighted by molar-refractivity contribution is 7.14. The number of amides is 2. The van der Waals surface area contributed by atoms with E-state index in [1.54, 1.807) is 36.4 Å². The van der Waals surface area contributed by atoms with E-state index in [2.05, 4.69) is 6.58 Å². The van der Waals surface area contributed by atoms with Gasteiger partial charge in [0, 0.05) is 57.2 Å². The molecule has 30 heteroatoms. The molecule has 1 saturated heterocycles. The summed E-state index contributed by atoms with van der Waals surface area (Å²) in [5.41, 5.74) is -6.21. The van der Waals surface area contributed by atoms with Crippen molar-refractivity contribution in [3.05, 3.63) is 256 Å². The lowest BCUT2D eigenvalue weighted by Gasteiger charge is -2.53. The van der Waals surface area contributed by atoms with E-state index >= 15 is 0 Å². The number of halogens is 13. The van der Waals surface area contributed by atoms with Crippen LogP contribution in [0, 0.1) is 104 Å². The van der Waals surface area contributed by atoms with Crippen LogP contribution in [0.4, 0.5) is 62.8 Å². The number of esters is 3. The number of alkyl halides is 3. The number of carbonyl (C=O) groups excluding carboxylic acids is 5. The molecular weight excluding hydrogens is 1440 g/mol. The van der Waals surface area contributed by atoms with Crippen LogP contribution in [0.25, 0.3) is 18.2 Å². The second-order valence-electron chi connectivity index (χ2n) is 24.6. The van der Waals surface area contributed by atoms with Gasteiger partial charge >= 0.3 is 24.1 Å². The molecule has 1 fully saturated rings. The Morgan fingerprint density at radius 2 is 1.24 bits per heavy atom. The minimum Gasteiger partial charge on any atom is -0.489 e. The van der Waals surface area contributed by atoms with Crippen LogP contribution in [0.5, 0.6) is 11.5 Å². The number of hydrogen-bond acceptors (Lipinski definition) is 16. The van der Waals surface area contributed by atoms with Crippen molar-refractivity contribution in [3.8, 4) is 29.7 Å². The van der Waals surface area contributed by atoms with Crippen molar-refractivity contribution in [1.29, 1.82) is 15.8 Å². The summed E-state index contributed by atoms with van der Waals surface area (Å²) in [4.78, 5) is 72.9. The fourth-order valence-electron chi connectivity index (χ4n) is 13.2. The van der Waals surface area contributed by atoms with Gasteiger partial charge in [-0.2, -0.15) is 29.0 Å². The first-order valence-corrected chi connectivity index (χ1v) is 32.7. The first-order valence-electron chi connectivity index (χ1n) is 31.8. The highest BCUT2D eigenvalue weighted by Gasteiger charge is 2.68. The second kappa shape index (κ2) is 30.0. The van der Waals surface area contributed by atoms with E-state index in [1.807, 2.05) is 60.4 Å². The number of anilines is 1. The molecule has 6 aromatic carbocycles. The Morgan fingerprint density at radius 1 is 0.689 bits per heavy atom. The number of likely N-dealkylation sites (N-methyl/N-ethyl adjacent to an activating group) is 1. The van der Waals surface area contributed by atoms with Crippen molar-refractivity contribution in [3.63, 3.8) is 0 Å². The summed E-state index contributed by atoms with van der Waals surface area (Å²) in [6.45, 7) is 3.83. The molecule has 3 atom stereocenters. The molecule has 2 bridgehead atoms. The predicted octanol–water partition coefficient (Wildman–Crippen LogP) is 15.2. The van der Waals surface area contributed by atoms with Gasteiger partial charge in [-0.3, -0.25) is 19.3 Å². The first kappa shape index (κ1) is 75.2. The summed E-state index contributed by atoms with van der Waals surface area (Å²) in [6.07, 6.45) is -0.544. The summed E-state index contributed by atoms with van der Waals surface area (Å²) in [5.74, 6) is -32.2. The average molecular weight is 1490 g/mol. The zero-order chi connectivity index (χ0) is 76.6. The maximum absolute atomic E-state index is 14.8. The van der Waals surface area contributed by atoms with Crippen molar-refractivity contribution in [2.75, 3.05) is 37.7 Å². The number of nitrogens with zero attached hydrogens (tertiary/aromatic N) is 5. The molecule has 1 aromatic heterocycles. The summed E-state index contributed by atoms with van der Waals surface area (Å²) in [6, 6.07) is 29.6. The molecule has 0 saturated carbocycles. The van der Waals surface area contributed by atoms with Crippen molar-refractivity contribution in [2.45, 2.75) is 70.1 Å². The molecule has 1 unspecified atom stereocenters. The number of carbonyl (C=O) groups is 5. The number of benzene rings is 6. The zero-order valence-corrected chi connectivity index (χ0v) is 56.2. The van der Waals surface area contributed by atoms with E-state index in [0.29, 0.717) is 24.7 Å². The van der Waals surface area contributed by atoms with Gasteiger partial charge in [0.2, 0.25) is 29.0 Å². The van der Waals surface area contributed by atoms with Gasteiger partial charge in [-0.05, 0) is 91.1 Å². The van der Waals surface area contributed by atoms with E-state index in [1.165, 1.54) is 31.2 Å². The molecule has 0 spiro atoms. The quantitative estimate of drug-likeness (QED) is 0.00803. The maximum Gasteiger partial charge on any atom is 0.432 e. The lowest BCUT2D eigenvalue weighted by atomic mass is 9.47. The van der Waals surface area contributed by atoms with Gasteiger partial charge in [-0.1, -0.05) is 79.4 Å². The molecule has 2 amide bonds. The van der Waals surface area contributed by atoms with Crippen LogP contribution in [0.3, 0.4) is 0 Å². The number of thiophene rings is 1. The zero-order valence-electron chi connectivity index (χ0n) is 55.4. The second-order valence-corrected chi connectivity index (χ2v) is 25.7. The predicted molar refractivity (Wildman–Crippen MR) is 350 cm³/mol. The summed E-state index contributed by atoms with van der Waals surface area (Å²) < 4.78 is 221. The van der Waals surface area contributed by atoms with E-state index in [0.717, 1.165) is 68.8 Å². The molecule has 12 rings (SSSR count). The Kier molecular flexibility index (Phi) is 21.3. The molecule has 3 heterocycles. The molecule has 7 aromatic rings. The lowest BCUT2D eigenvalue weighted by Crippen LogP contribution is -2.56. The van der Waals surface area contributed by atoms with E-state index in [-0.39, 0.29) is 53.6 Å². The molecule has 3 aliphatic carbocycles. The van der Waals surface area contributed by atoms with Crippen molar-refractivity contribution in [1.82, 2.24) is 4.90 Å². The highest BCUT2D eigenvalue weighted by Crippen LogP contribution is 2.64. The van der Waals surface area contributed by atoms with Crippen molar-refractivity contribution in [2.24, 2.45) is 11.8 Å². The maximum atomic E-state index is 14.8. The molecule has 544 valence electrons. The number of nitriles is 3. The number of ether oxygens (including phenoxy) is 6. The molecule has 16 nitrogen and oxygen atoms in total. The smallest absolute Gasteiger partial charge is 0.432 e. The fourth-order valence-corrected chi connectivity index (χ4v) is 14.2. The Labute approximate surface area is 597 Å². The molecule has 2 aliphatic heterocycles. The lowest BCUT2D eigenvalue weighted by molar-refractivity contribution is -0.236. The molecule has 0 N–H and O–H groups in total. The molecular formula is C76H52F13N5O11S.